The first-order valence-corrected chi connectivity index (χ1v) is 8.78. The number of nitrogen functional groups attached to an aromatic ring is 1. The van der Waals surface area contributed by atoms with Gasteiger partial charge in [0.25, 0.3) is 0 Å². The molecule has 1 fully saturated rings. The summed E-state index contributed by atoms with van der Waals surface area (Å²) in [4.78, 5) is 12.3. The Kier molecular flexibility index (Phi) is 5.77. The average molecular weight is 390 g/mol. The monoisotopic (exact) mass is 389 g/mol. The molecule has 4 atom stereocenters. The number of anilines is 2. The first-order valence-electron chi connectivity index (χ1n) is 8.41. The van der Waals surface area contributed by atoms with Crippen LogP contribution in [0.5, 0.6) is 0 Å². The number of hydrogen-bond donors (Lipinski definition) is 5. The quantitative estimate of drug-likeness (QED) is 0.374. The van der Waals surface area contributed by atoms with Gasteiger partial charge < -0.3 is 26.4 Å². The van der Waals surface area contributed by atoms with Crippen molar-refractivity contribution in [2.24, 2.45) is 5.92 Å². The van der Waals surface area contributed by atoms with E-state index in [9.17, 15) is 15.3 Å². The van der Waals surface area contributed by atoms with Gasteiger partial charge in [0.15, 0.2) is 5.15 Å². The number of rotatable bonds is 3. The second-order valence-electron chi connectivity index (χ2n) is 6.39. The molecule has 142 valence electrons. The van der Waals surface area contributed by atoms with Crippen LogP contribution in [-0.2, 0) is 0 Å². The lowest BCUT2D eigenvalue weighted by atomic mass is 10.1. The lowest BCUT2D eigenvalue weighted by molar-refractivity contribution is 0.00445. The maximum absolute atomic E-state index is 10.2. The van der Waals surface area contributed by atoms with E-state index in [4.69, 9.17) is 17.3 Å². The van der Waals surface area contributed by atoms with E-state index in [-0.39, 0.29) is 23.5 Å². The Labute approximate surface area is 161 Å². The van der Waals surface area contributed by atoms with Crippen molar-refractivity contribution in [3.63, 3.8) is 0 Å². The Hall–Kier alpha value is -2.44. The minimum absolute atomic E-state index is 0.0441. The predicted molar refractivity (Wildman–Crippen MR) is 101 cm³/mol. The summed E-state index contributed by atoms with van der Waals surface area (Å²) in [5.74, 6) is 5.70. The summed E-state index contributed by atoms with van der Waals surface area (Å²) in [5, 5.41) is 32.6. The summed E-state index contributed by atoms with van der Waals surface area (Å²) in [6, 6.07) is 3.07. The van der Waals surface area contributed by atoms with Crippen LogP contribution in [0, 0.1) is 24.7 Å². The van der Waals surface area contributed by atoms with E-state index >= 15 is 0 Å². The molecule has 3 rings (SSSR count). The fraction of sp³-hybridized carbons (Fsp3) is 0.389. The van der Waals surface area contributed by atoms with Crippen molar-refractivity contribution < 1.29 is 15.3 Å². The summed E-state index contributed by atoms with van der Waals surface area (Å²) in [7, 11) is 0. The van der Waals surface area contributed by atoms with E-state index < -0.39 is 24.2 Å². The number of aryl methyl sites for hydroxylation is 1. The van der Waals surface area contributed by atoms with Gasteiger partial charge in [0, 0.05) is 24.3 Å². The van der Waals surface area contributed by atoms with Gasteiger partial charge in [0.2, 0.25) is 5.95 Å². The molecule has 9 heteroatoms. The number of nitrogens with zero attached hydrogens (tertiary/aromatic N) is 3. The number of aliphatic hydroxyl groups excluding tert-OH is 3. The number of nitrogens with two attached hydrogens (primary N) is 1. The average Bonchev–Trinajstić information content (AvgIpc) is 2.90. The fourth-order valence-corrected chi connectivity index (χ4v) is 3.26. The van der Waals surface area contributed by atoms with Crippen LogP contribution in [0.2, 0.25) is 5.15 Å². The highest BCUT2D eigenvalue weighted by Crippen LogP contribution is 2.30. The van der Waals surface area contributed by atoms with E-state index in [2.05, 4.69) is 32.1 Å². The zero-order chi connectivity index (χ0) is 19.6. The molecule has 0 spiro atoms. The van der Waals surface area contributed by atoms with Crippen LogP contribution >= 0.6 is 11.6 Å². The normalized spacial score (nSPS) is 24.3. The van der Waals surface area contributed by atoms with Crippen molar-refractivity contribution in [1.29, 1.82) is 0 Å². The molecule has 0 aliphatic heterocycles. The molecule has 0 bridgehead atoms. The van der Waals surface area contributed by atoms with Gasteiger partial charge >= 0.3 is 0 Å². The van der Waals surface area contributed by atoms with Gasteiger partial charge in [-0.15, -0.1) is 0 Å². The van der Waals surface area contributed by atoms with E-state index in [1.54, 1.807) is 12.3 Å². The zero-order valence-electron chi connectivity index (χ0n) is 14.6. The standard InChI is InChI=1S/C18H20ClN5O3/c1-9-10(3-2-6-21-9)4-5-12-16(19)23-18(20)24-17(12)22-13-7-11(8-25)14(26)15(13)27/h2-3,6,11,13-15,25-27H,7-8H2,1H3,(H3,20,22,23,24)/t11-,13-,14-,15+/m1/s1. The van der Waals surface area contributed by atoms with Crippen LogP contribution in [0.15, 0.2) is 18.3 Å². The SMILES string of the molecule is Cc1ncccc1C#Cc1c(Cl)nc(N)nc1N[C@@H]1C[C@H](CO)[C@@H](O)[C@H]1O. The second kappa shape index (κ2) is 8.06. The maximum atomic E-state index is 10.2. The Morgan fingerprint density at radius 2 is 2.07 bits per heavy atom. The van der Waals surface area contributed by atoms with E-state index in [1.165, 1.54) is 0 Å². The molecule has 0 amide bonds. The number of aliphatic hydroxyl groups is 3. The summed E-state index contributed by atoms with van der Waals surface area (Å²) in [5.41, 5.74) is 7.52. The predicted octanol–water partition coefficient (Wildman–Crippen LogP) is 0.330. The van der Waals surface area contributed by atoms with Crippen molar-refractivity contribution >= 4 is 23.4 Å². The van der Waals surface area contributed by atoms with Crippen molar-refractivity contribution in [2.45, 2.75) is 31.6 Å². The first kappa shape index (κ1) is 19.3. The summed E-state index contributed by atoms with van der Waals surface area (Å²) < 4.78 is 0. The molecule has 2 heterocycles. The topological polar surface area (TPSA) is 137 Å². The molecular weight excluding hydrogens is 370 g/mol. The molecule has 2 aromatic rings. The lowest BCUT2D eigenvalue weighted by Gasteiger charge is -2.19. The molecule has 0 aromatic carbocycles. The van der Waals surface area contributed by atoms with Gasteiger partial charge in [-0.25, -0.2) is 0 Å². The van der Waals surface area contributed by atoms with E-state index in [0.29, 0.717) is 12.0 Å². The third-order valence-corrected chi connectivity index (χ3v) is 4.84. The summed E-state index contributed by atoms with van der Waals surface area (Å²) in [6.07, 6.45) is -0.0697. The smallest absolute Gasteiger partial charge is 0.223 e. The molecular formula is C18H20ClN5O3. The highest BCUT2D eigenvalue weighted by Gasteiger charge is 2.41. The van der Waals surface area contributed by atoms with Gasteiger partial charge in [0.1, 0.15) is 17.5 Å². The molecule has 1 aliphatic rings. The third kappa shape index (κ3) is 4.12. The van der Waals surface area contributed by atoms with E-state index in [1.807, 2.05) is 13.0 Å². The summed E-state index contributed by atoms with van der Waals surface area (Å²) in [6.45, 7) is 1.62. The first-order chi connectivity index (χ1) is 12.9. The van der Waals surface area contributed by atoms with Crippen LogP contribution in [0.4, 0.5) is 11.8 Å². The minimum Gasteiger partial charge on any atom is -0.396 e. The number of aromatic nitrogens is 3. The Bertz CT molecular complexity index is 898. The molecule has 8 nitrogen and oxygen atoms in total. The van der Waals surface area contributed by atoms with Crippen molar-refractivity contribution in [3.05, 3.63) is 40.3 Å². The Morgan fingerprint density at radius 3 is 2.74 bits per heavy atom. The minimum atomic E-state index is -1.07. The number of hydrogen-bond acceptors (Lipinski definition) is 8. The Balaban J connectivity index is 1.94. The van der Waals surface area contributed by atoms with Gasteiger partial charge in [-0.2, -0.15) is 9.97 Å². The van der Waals surface area contributed by atoms with Gasteiger partial charge in [0.05, 0.1) is 17.8 Å². The molecule has 6 N–H and O–H groups in total. The van der Waals surface area contributed by atoms with Crippen molar-refractivity contribution in [3.8, 4) is 11.8 Å². The number of pyridine rings is 1. The maximum Gasteiger partial charge on any atom is 0.223 e. The van der Waals surface area contributed by atoms with Crippen LogP contribution < -0.4 is 11.1 Å². The molecule has 1 saturated carbocycles. The van der Waals surface area contributed by atoms with E-state index in [0.717, 1.165) is 11.3 Å². The fourth-order valence-electron chi connectivity index (χ4n) is 3.04. The zero-order valence-corrected chi connectivity index (χ0v) is 15.4. The third-order valence-electron chi connectivity index (χ3n) is 4.57. The van der Waals surface area contributed by atoms with Crippen molar-refractivity contribution in [1.82, 2.24) is 15.0 Å². The molecule has 0 unspecified atom stereocenters. The number of nitrogens with one attached hydrogen (secondary N) is 1. The molecule has 1 aliphatic carbocycles. The number of halogens is 1. The van der Waals surface area contributed by atoms with Gasteiger partial charge in [-0.1, -0.05) is 23.4 Å². The summed E-state index contributed by atoms with van der Waals surface area (Å²) >= 11 is 6.21. The molecule has 0 radical (unpaired) electrons. The highest BCUT2D eigenvalue weighted by molar-refractivity contribution is 6.31. The Morgan fingerprint density at radius 1 is 1.30 bits per heavy atom. The molecule has 27 heavy (non-hydrogen) atoms. The van der Waals surface area contributed by atoms with Crippen LogP contribution in [0.3, 0.4) is 0 Å². The largest absolute Gasteiger partial charge is 0.396 e. The van der Waals surface area contributed by atoms with Crippen molar-refractivity contribution in [2.75, 3.05) is 17.7 Å². The second-order valence-corrected chi connectivity index (χ2v) is 6.75. The van der Waals surface area contributed by atoms with Crippen LogP contribution in [0.1, 0.15) is 23.2 Å². The molecule has 0 saturated heterocycles. The van der Waals surface area contributed by atoms with Crippen LogP contribution in [0.25, 0.3) is 0 Å². The lowest BCUT2D eigenvalue weighted by Crippen LogP contribution is -2.35. The molecule has 2 aromatic heterocycles. The van der Waals surface area contributed by atoms with Gasteiger partial charge in [-0.05, 0) is 25.5 Å². The van der Waals surface area contributed by atoms with Crippen LogP contribution in [-0.4, -0.2) is 55.1 Å². The highest BCUT2D eigenvalue weighted by atomic mass is 35.5. The van der Waals surface area contributed by atoms with Gasteiger partial charge in [-0.3, -0.25) is 4.98 Å².